The van der Waals surface area contributed by atoms with Crippen LogP contribution in [-0.2, 0) is 4.79 Å². The molecule has 0 saturated heterocycles. The summed E-state index contributed by atoms with van der Waals surface area (Å²) in [5.74, 6) is -0.512. The van der Waals surface area contributed by atoms with E-state index >= 15 is 0 Å². The lowest BCUT2D eigenvalue weighted by Gasteiger charge is -2.20. The van der Waals surface area contributed by atoms with Crippen LogP contribution in [-0.4, -0.2) is 23.2 Å². The van der Waals surface area contributed by atoms with E-state index in [9.17, 15) is 9.90 Å². The normalized spacial score (nSPS) is 14.5. The average molecular weight is 235 g/mol. The zero-order valence-electron chi connectivity index (χ0n) is 10.9. The Morgan fingerprint density at radius 1 is 1.18 bits per heavy atom. The molecular formula is C14H21NO2. The van der Waals surface area contributed by atoms with Crippen molar-refractivity contribution in [3.63, 3.8) is 0 Å². The molecule has 0 spiro atoms. The van der Waals surface area contributed by atoms with E-state index in [2.05, 4.69) is 5.32 Å². The Morgan fingerprint density at radius 2 is 1.71 bits per heavy atom. The minimum Gasteiger partial charge on any atom is -0.383 e. The van der Waals surface area contributed by atoms with Gasteiger partial charge in [-0.2, -0.15) is 0 Å². The van der Waals surface area contributed by atoms with Gasteiger partial charge >= 0.3 is 0 Å². The molecule has 3 heteroatoms. The molecule has 0 unspecified atom stereocenters. The molecule has 17 heavy (non-hydrogen) atoms. The van der Waals surface area contributed by atoms with E-state index in [1.165, 1.54) is 5.56 Å². The van der Waals surface area contributed by atoms with Crippen LogP contribution in [0.2, 0.25) is 0 Å². The van der Waals surface area contributed by atoms with Crippen molar-refractivity contribution in [1.82, 2.24) is 5.32 Å². The number of carbonyl (C=O) groups is 1. The van der Waals surface area contributed by atoms with Gasteiger partial charge in [-0.25, -0.2) is 0 Å². The van der Waals surface area contributed by atoms with Gasteiger partial charge in [0, 0.05) is 12.0 Å². The second-order valence-electron chi connectivity index (χ2n) is 4.81. The molecule has 0 fully saturated rings. The van der Waals surface area contributed by atoms with E-state index in [-0.39, 0.29) is 17.9 Å². The van der Waals surface area contributed by atoms with Crippen molar-refractivity contribution in [2.75, 3.05) is 0 Å². The second-order valence-corrected chi connectivity index (χ2v) is 4.81. The number of nitrogens with one attached hydrogen (secondary N) is 1. The van der Waals surface area contributed by atoms with Gasteiger partial charge in [-0.1, -0.05) is 36.8 Å². The minimum atomic E-state index is -1.000. The predicted molar refractivity (Wildman–Crippen MR) is 68.9 cm³/mol. The van der Waals surface area contributed by atoms with Crippen molar-refractivity contribution in [2.45, 2.75) is 45.8 Å². The number of aliphatic hydroxyl groups is 1. The molecule has 0 heterocycles. The van der Waals surface area contributed by atoms with Crippen molar-refractivity contribution >= 4 is 5.91 Å². The fraction of sp³-hybridized carbons (Fsp3) is 0.500. The largest absolute Gasteiger partial charge is 0.383 e. The number of aliphatic hydroxyl groups excluding tert-OH is 1. The predicted octanol–water partition coefficient (Wildman–Crippen LogP) is 1.98. The van der Waals surface area contributed by atoms with Gasteiger partial charge in [0.25, 0.3) is 0 Å². The first-order valence-electron chi connectivity index (χ1n) is 5.97. The highest BCUT2D eigenvalue weighted by Crippen LogP contribution is 2.19. The molecule has 0 aromatic heterocycles. The zero-order chi connectivity index (χ0) is 13.0. The lowest BCUT2D eigenvalue weighted by atomic mass is 9.94. The topological polar surface area (TPSA) is 49.3 Å². The summed E-state index contributed by atoms with van der Waals surface area (Å²) in [6.45, 7) is 7.62. The van der Waals surface area contributed by atoms with Crippen LogP contribution in [0, 0.1) is 6.92 Å². The number of hydrogen-bond donors (Lipinski definition) is 2. The van der Waals surface area contributed by atoms with Crippen LogP contribution in [0.25, 0.3) is 0 Å². The fourth-order valence-electron chi connectivity index (χ4n) is 1.65. The van der Waals surface area contributed by atoms with Gasteiger partial charge in [0.1, 0.15) is 6.10 Å². The molecule has 3 nitrogen and oxygen atoms in total. The van der Waals surface area contributed by atoms with Crippen LogP contribution in [0.15, 0.2) is 24.3 Å². The molecule has 0 bridgehead atoms. The minimum absolute atomic E-state index is 0.0439. The van der Waals surface area contributed by atoms with Crippen molar-refractivity contribution in [3.8, 4) is 0 Å². The molecule has 94 valence electrons. The summed E-state index contributed by atoms with van der Waals surface area (Å²) < 4.78 is 0. The van der Waals surface area contributed by atoms with Crippen LogP contribution in [0.3, 0.4) is 0 Å². The van der Waals surface area contributed by atoms with Crippen molar-refractivity contribution in [2.24, 2.45) is 0 Å². The third-order valence-corrected chi connectivity index (χ3v) is 2.78. The number of benzene rings is 1. The Hall–Kier alpha value is -1.35. The maximum atomic E-state index is 11.7. The molecule has 0 saturated carbocycles. The van der Waals surface area contributed by atoms with Crippen LogP contribution in [0.4, 0.5) is 0 Å². The molecule has 0 aliphatic heterocycles. The molecule has 1 aromatic carbocycles. The lowest BCUT2D eigenvalue weighted by Crippen LogP contribution is -2.41. The first kappa shape index (κ1) is 13.7. The van der Waals surface area contributed by atoms with E-state index in [0.29, 0.717) is 0 Å². The third kappa shape index (κ3) is 3.86. The number of hydrogen-bond acceptors (Lipinski definition) is 2. The molecule has 1 rings (SSSR count). The van der Waals surface area contributed by atoms with Gasteiger partial charge in [-0.15, -0.1) is 0 Å². The summed E-state index contributed by atoms with van der Waals surface area (Å²) in [5.41, 5.74) is 2.14. The SMILES string of the molecule is Cc1ccc([C@H](C)[C@@H](O)C(=O)NC(C)C)cc1. The van der Waals surface area contributed by atoms with Crippen molar-refractivity contribution < 1.29 is 9.90 Å². The first-order chi connectivity index (χ1) is 7.91. The van der Waals surface area contributed by atoms with Gasteiger partial charge in [0.2, 0.25) is 5.91 Å². The molecule has 0 radical (unpaired) electrons. The standard InChI is InChI=1S/C14H21NO2/c1-9(2)15-14(17)13(16)11(4)12-7-5-10(3)6-8-12/h5-9,11,13,16H,1-4H3,(H,15,17)/t11-,13+/m0/s1. The summed E-state index contributed by atoms with van der Waals surface area (Å²) in [4.78, 5) is 11.7. The summed E-state index contributed by atoms with van der Waals surface area (Å²) in [7, 11) is 0. The van der Waals surface area contributed by atoms with Gasteiger partial charge in [-0.05, 0) is 26.3 Å². The highest BCUT2D eigenvalue weighted by molar-refractivity contribution is 5.81. The van der Waals surface area contributed by atoms with Gasteiger partial charge in [0.15, 0.2) is 0 Å². The third-order valence-electron chi connectivity index (χ3n) is 2.78. The van der Waals surface area contributed by atoms with Gasteiger partial charge < -0.3 is 10.4 Å². The molecule has 1 aromatic rings. The number of rotatable bonds is 4. The second kappa shape index (κ2) is 5.82. The summed E-state index contributed by atoms with van der Waals surface area (Å²) in [6.07, 6.45) is -1.000. The average Bonchev–Trinajstić information content (AvgIpc) is 2.27. The zero-order valence-corrected chi connectivity index (χ0v) is 10.9. The number of carbonyl (C=O) groups excluding carboxylic acids is 1. The van der Waals surface area contributed by atoms with Crippen molar-refractivity contribution in [1.29, 1.82) is 0 Å². The van der Waals surface area contributed by atoms with E-state index < -0.39 is 6.10 Å². The smallest absolute Gasteiger partial charge is 0.249 e. The Balaban J connectivity index is 2.72. The van der Waals surface area contributed by atoms with Crippen LogP contribution in [0.1, 0.15) is 37.8 Å². The molecule has 2 atom stereocenters. The van der Waals surface area contributed by atoms with Crippen LogP contribution >= 0.6 is 0 Å². The highest BCUT2D eigenvalue weighted by Gasteiger charge is 2.23. The highest BCUT2D eigenvalue weighted by atomic mass is 16.3. The molecular weight excluding hydrogens is 214 g/mol. The first-order valence-corrected chi connectivity index (χ1v) is 5.97. The summed E-state index contributed by atoms with van der Waals surface area (Å²) >= 11 is 0. The Kier molecular flexibility index (Phi) is 4.70. The summed E-state index contributed by atoms with van der Waals surface area (Å²) in [6, 6.07) is 7.91. The fourth-order valence-corrected chi connectivity index (χ4v) is 1.65. The Morgan fingerprint density at radius 3 is 2.18 bits per heavy atom. The molecule has 0 aliphatic carbocycles. The Labute approximate surface area is 103 Å². The monoisotopic (exact) mass is 235 g/mol. The maximum absolute atomic E-state index is 11.7. The van der Waals surface area contributed by atoms with Crippen molar-refractivity contribution in [3.05, 3.63) is 35.4 Å². The summed E-state index contributed by atoms with van der Waals surface area (Å²) in [5, 5.41) is 12.7. The van der Waals surface area contributed by atoms with E-state index in [4.69, 9.17) is 0 Å². The van der Waals surface area contributed by atoms with E-state index in [1.807, 2.05) is 52.0 Å². The molecule has 1 amide bonds. The molecule has 0 aliphatic rings. The molecule has 2 N–H and O–H groups in total. The van der Waals surface area contributed by atoms with E-state index in [0.717, 1.165) is 5.56 Å². The quantitative estimate of drug-likeness (QED) is 0.838. The lowest BCUT2D eigenvalue weighted by molar-refractivity contribution is -0.130. The maximum Gasteiger partial charge on any atom is 0.249 e. The van der Waals surface area contributed by atoms with Gasteiger partial charge in [0.05, 0.1) is 0 Å². The van der Waals surface area contributed by atoms with Crippen LogP contribution < -0.4 is 5.32 Å². The van der Waals surface area contributed by atoms with Crippen LogP contribution in [0.5, 0.6) is 0 Å². The Bertz CT molecular complexity index is 370. The van der Waals surface area contributed by atoms with E-state index in [1.54, 1.807) is 0 Å². The number of amides is 1. The number of aryl methyl sites for hydroxylation is 1. The van der Waals surface area contributed by atoms with Gasteiger partial charge in [-0.3, -0.25) is 4.79 Å².